The first-order valence-corrected chi connectivity index (χ1v) is 11.0. The summed E-state index contributed by atoms with van der Waals surface area (Å²) >= 11 is 0. The maximum atomic E-state index is 14.0. The molecule has 1 atom stereocenters. The molecule has 1 N–H and O–H groups in total. The van der Waals surface area contributed by atoms with Crippen molar-refractivity contribution in [3.05, 3.63) is 89.5 Å². The fraction of sp³-hybridized carbons (Fsp3) is 0.217. The van der Waals surface area contributed by atoms with Gasteiger partial charge in [0.05, 0.1) is 16.8 Å². The van der Waals surface area contributed by atoms with Gasteiger partial charge in [-0.1, -0.05) is 36.4 Å². The van der Waals surface area contributed by atoms with Crippen molar-refractivity contribution in [3.8, 4) is 11.1 Å². The molecule has 1 unspecified atom stereocenters. The van der Waals surface area contributed by atoms with Crippen LogP contribution in [0.15, 0.2) is 71.6 Å². The lowest BCUT2D eigenvalue weighted by atomic mass is 10.1. The molecule has 0 bridgehead atoms. The summed E-state index contributed by atoms with van der Waals surface area (Å²) < 4.78 is 52.7. The van der Waals surface area contributed by atoms with Crippen molar-refractivity contribution in [2.24, 2.45) is 0 Å². The van der Waals surface area contributed by atoms with Gasteiger partial charge in [0.25, 0.3) is 0 Å². The molecule has 3 aromatic rings. The van der Waals surface area contributed by atoms with Crippen molar-refractivity contribution in [1.82, 2.24) is 4.90 Å². The topological polar surface area (TPSA) is 57.6 Å². The normalized spacial score (nSPS) is 12.9. The summed E-state index contributed by atoms with van der Waals surface area (Å²) in [6, 6.07) is 16.0. The van der Waals surface area contributed by atoms with Crippen LogP contribution in [0.5, 0.6) is 0 Å². The Hall–Kier alpha value is -2.61. The highest BCUT2D eigenvalue weighted by Crippen LogP contribution is 2.26. The molecule has 0 aromatic heterocycles. The fourth-order valence-electron chi connectivity index (χ4n) is 3.21. The number of likely N-dealkylation sites (N-methyl/N-ethyl adjacent to an activating group) is 1. The van der Waals surface area contributed by atoms with Gasteiger partial charge in [0.15, 0.2) is 9.84 Å². The van der Waals surface area contributed by atoms with Crippen molar-refractivity contribution in [2.75, 3.05) is 20.6 Å². The summed E-state index contributed by atoms with van der Waals surface area (Å²) in [7, 11) is 0.0520. The van der Waals surface area contributed by atoms with E-state index in [0.717, 1.165) is 12.1 Å². The molecule has 30 heavy (non-hydrogen) atoms. The Morgan fingerprint density at radius 1 is 0.967 bits per heavy atom. The number of aliphatic hydroxyl groups excluding tert-OH is 1. The van der Waals surface area contributed by atoms with E-state index >= 15 is 0 Å². The number of rotatable bonds is 7. The second-order valence-corrected chi connectivity index (χ2v) is 9.42. The van der Waals surface area contributed by atoms with Crippen LogP contribution in [0.1, 0.15) is 17.2 Å². The molecule has 0 saturated carbocycles. The lowest BCUT2D eigenvalue weighted by molar-refractivity contribution is 0.138. The third-order valence-electron chi connectivity index (χ3n) is 4.69. The van der Waals surface area contributed by atoms with E-state index in [-0.39, 0.29) is 16.2 Å². The van der Waals surface area contributed by atoms with Crippen LogP contribution in [0, 0.1) is 11.6 Å². The largest absolute Gasteiger partial charge is 0.387 e. The molecule has 0 spiro atoms. The quantitative estimate of drug-likeness (QED) is 0.609. The number of nitrogens with zero attached hydrogens (tertiary/aromatic N) is 1. The standard InChI is InChI=1S/C23H23F2NO3S/c1-26(2)14-23(27)18-5-3-4-16(12-18)15-30(28,29)20-9-6-17(7-10-20)21-11-8-19(24)13-22(21)25/h3-13,23,27H,14-15H2,1-2H3. The van der Waals surface area contributed by atoms with Crippen LogP contribution in [-0.4, -0.2) is 39.1 Å². The van der Waals surface area contributed by atoms with E-state index in [4.69, 9.17) is 0 Å². The second-order valence-electron chi connectivity index (χ2n) is 7.43. The number of hydrogen-bond acceptors (Lipinski definition) is 4. The Balaban J connectivity index is 1.81. The van der Waals surface area contributed by atoms with Crippen molar-refractivity contribution < 1.29 is 22.3 Å². The second kappa shape index (κ2) is 9.04. The van der Waals surface area contributed by atoms with Crippen molar-refractivity contribution in [1.29, 1.82) is 0 Å². The fourth-order valence-corrected chi connectivity index (χ4v) is 4.55. The van der Waals surface area contributed by atoms with Crippen molar-refractivity contribution >= 4 is 9.84 Å². The Kier molecular flexibility index (Phi) is 6.65. The SMILES string of the molecule is CN(C)CC(O)c1cccc(CS(=O)(=O)c2ccc(-c3ccc(F)cc3F)cc2)c1. The average Bonchev–Trinajstić information content (AvgIpc) is 2.67. The minimum Gasteiger partial charge on any atom is -0.387 e. The molecule has 0 amide bonds. The van der Waals surface area contributed by atoms with Crippen LogP contribution < -0.4 is 0 Å². The number of halogens is 2. The molecular formula is C23H23F2NO3S. The Morgan fingerprint density at radius 3 is 2.30 bits per heavy atom. The predicted octanol–water partition coefficient (Wildman–Crippen LogP) is 4.20. The molecule has 0 aliphatic heterocycles. The summed E-state index contributed by atoms with van der Waals surface area (Å²) in [4.78, 5) is 1.95. The monoisotopic (exact) mass is 431 g/mol. The summed E-state index contributed by atoms with van der Waals surface area (Å²) in [5.74, 6) is -1.60. The number of hydrogen-bond donors (Lipinski definition) is 1. The zero-order chi connectivity index (χ0) is 21.9. The highest BCUT2D eigenvalue weighted by molar-refractivity contribution is 7.90. The van der Waals surface area contributed by atoms with E-state index in [1.54, 1.807) is 24.3 Å². The predicted molar refractivity (Wildman–Crippen MR) is 113 cm³/mol. The first-order chi connectivity index (χ1) is 14.2. The molecule has 3 rings (SSSR count). The zero-order valence-corrected chi connectivity index (χ0v) is 17.5. The molecule has 0 saturated heterocycles. The number of aliphatic hydroxyl groups is 1. The van der Waals surface area contributed by atoms with E-state index in [1.165, 1.54) is 30.3 Å². The van der Waals surface area contributed by atoms with Crippen LogP contribution in [0.25, 0.3) is 11.1 Å². The van der Waals surface area contributed by atoms with Gasteiger partial charge in [0, 0.05) is 18.2 Å². The molecule has 7 heteroatoms. The van der Waals surface area contributed by atoms with Gasteiger partial charge in [0.2, 0.25) is 0 Å². The third kappa shape index (κ3) is 5.30. The minimum absolute atomic E-state index is 0.105. The van der Waals surface area contributed by atoms with Gasteiger partial charge < -0.3 is 10.0 Å². The summed E-state index contributed by atoms with van der Waals surface area (Å²) in [5.41, 5.74) is 1.88. The summed E-state index contributed by atoms with van der Waals surface area (Å²) in [6.07, 6.45) is -0.715. The van der Waals surface area contributed by atoms with Crippen LogP contribution in [0.2, 0.25) is 0 Å². The van der Waals surface area contributed by atoms with Crippen LogP contribution in [0.3, 0.4) is 0 Å². The number of benzene rings is 3. The van der Waals surface area contributed by atoms with Crippen molar-refractivity contribution in [3.63, 3.8) is 0 Å². The molecule has 158 valence electrons. The maximum absolute atomic E-state index is 14.0. The van der Waals surface area contributed by atoms with Gasteiger partial charge in [-0.25, -0.2) is 17.2 Å². The third-order valence-corrected chi connectivity index (χ3v) is 6.39. The smallest absolute Gasteiger partial charge is 0.182 e. The van der Waals surface area contributed by atoms with E-state index in [2.05, 4.69) is 0 Å². The van der Waals surface area contributed by atoms with Gasteiger partial charge in [-0.2, -0.15) is 0 Å². The van der Waals surface area contributed by atoms with E-state index in [0.29, 0.717) is 23.2 Å². The summed E-state index contributed by atoms with van der Waals surface area (Å²) in [5, 5.41) is 10.3. The Labute approximate surface area is 175 Å². The number of sulfone groups is 1. The maximum Gasteiger partial charge on any atom is 0.182 e. The first-order valence-electron chi connectivity index (χ1n) is 9.35. The lowest BCUT2D eigenvalue weighted by Crippen LogP contribution is -2.20. The van der Waals surface area contributed by atoms with Gasteiger partial charge >= 0.3 is 0 Å². The van der Waals surface area contributed by atoms with E-state index in [1.807, 2.05) is 19.0 Å². The van der Waals surface area contributed by atoms with Crippen molar-refractivity contribution in [2.45, 2.75) is 16.8 Å². The van der Waals surface area contributed by atoms with Crippen LogP contribution in [0.4, 0.5) is 8.78 Å². The molecule has 3 aromatic carbocycles. The molecule has 0 aliphatic rings. The van der Waals surface area contributed by atoms with E-state index in [9.17, 15) is 22.3 Å². The van der Waals surface area contributed by atoms with Gasteiger partial charge in [-0.15, -0.1) is 0 Å². The van der Waals surface area contributed by atoms with Gasteiger partial charge in [-0.3, -0.25) is 0 Å². The van der Waals surface area contributed by atoms with Gasteiger partial charge in [0.1, 0.15) is 11.6 Å². The molecule has 4 nitrogen and oxygen atoms in total. The molecule has 0 heterocycles. The molecule has 0 fully saturated rings. The first kappa shape index (κ1) is 22.1. The molecule has 0 radical (unpaired) electrons. The highest BCUT2D eigenvalue weighted by Gasteiger charge is 2.17. The van der Waals surface area contributed by atoms with Crippen LogP contribution >= 0.6 is 0 Å². The van der Waals surface area contributed by atoms with Crippen LogP contribution in [-0.2, 0) is 15.6 Å². The van der Waals surface area contributed by atoms with Gasteiger partial charge in [-0.05, 0) is 55.1 Å². The van der Waals surface area contributed by atoms with E-state index < -0.39 is 27.6 Å². The average molecular weight is 432 g/mol. The lowest BCUT2D eigenvalue weighted by Gasteiger charge is -2.17. The minimum atomic E-state index is -3.64. The Bertz CT molecular complexity index is 1130. The highest BCUT2D eigenvalue weighted by atomic mass is 32.2. The molecular weight excluding hydrogens is 408 g/mol. The zero-order valence-electron chi connectivity index (χ0n) is 16.7. The summed E-state index contributed by atoms with van der Waals surface area (Å²) in [6.45, 7) is 0.428. The Morgan fingerprint density at radius 2 is 1.67 bits per heavy atom. The molecule has 0 aliphatic carbocycles.